The third-order valence-corrected chi connectivity index (χ3v) is 3.19. The standard InChI is InChI=1S/C12H15NO4/c14-7-9-2-1-8-3-5-13(12(16)17)6-4-10(8)11(9)15/h1-2,14-15H,3-7H2,(H,16,17). The van der Waals surface area contributed by atoms with Gasteiger partial charge in [-0.1, -0.05) is 12.1 Å². The number of aliphatic hydroxyl groups excluding tert-OH is 1. The summed E-state index contributed by atoms with van der Waals surface area (Å²) in [6.45, 7) is 0.618. The Balaban J connectivity index is 2.31. The molecule has 0 unspecified atom stereocenters. The number of benzene rings is 1. The lowest BCUT2D eigenvalue weighted by atomic mass is 9.99. The maximum absolute atomic E-state index is 10.9. The van der Waals surface area contributed by atoms with Crippen LogP contribution in [0.1, 0.15) is 16.7 Å². The fraction of sp³-hybridized carbons (Fsp3) is 0.417. The second-order valence-corrected chi connectivity index (χ2v) is 4.14. The van der Waals surface area contributed by atoms with Gasteiger partial charge < -0.3 is 20.2 Å². The Morgan fingerprint density at radius 2 is 2.00 bits per heavy atom. The van der Waals surface area contributed by atoms with Gasteiger partial charge in [-0.15, -0.1) is 0 Å². The van der Waals surface area contributed by atoms with E-state index in [2.05, 4.69) is 0 Å². The zero-order valence-electron chi connectivity index (χ0n) is 9.39. The molecule has 92 valence electrons. The van der Waals surface area contributed by atoms with Crippen LogP contribution in [0.5, 0.6) is 5.75 Å². The number of hydrogen-bond acceptors (Lipinski definition) is 3. The molecule has 0 radical (unpaired) electrons. The number of rotatable bonds is 1. The van der Waals surface area contributed by atoms with Crippen LogP contribution in [0.15, 0.2) is 12.1 Å². The van der Waals surface area contributed by atoms with Gasteiger partial charge in [0.25, 0.3) is 0 Å². The lowest BCUT2D eigenvalue weighted by Crippen LogP contribution is -2.31. The SMILES string of the molecule is O=C(O)N1CCc2ccc(CO)c(O)c2CC1. The van der Waals surface area contributed by atoms with E-state index in [-0.39, 0.29) is 12.4 Å². The van der Waals surface area contributed by atoms with Crippen LogP contribution < -0.4 is 0 Å². The molecule has 0 spiro atoms. The average Bonchev–Trinajstić information content (AvgIpc) is 2.52. The van der Waals surface area contributed by atoms with Crippen LogP contribution in [-0.4, -0.2) is 39.4 Å². The van der Waals surface area contributed by atoms with Crippen LogP contribution in [0.3, 0.4) is 0 Å². The summed E-state index contributed by atoms with van der Waals surface area (Å²) in [5.74, 6) is 0.109. The molecule has 0 saturated carbocycles. The summed E-state index contributed by atoms with van der Waals surface area (Å²) in [6.07, 6.45) is 0.155. The first kappa shape index (κ1) is 11.7. The summed E-state index contributed by atoms with van der Waals surface area (Å²) >= 11 is 0. The van der Waals surface area contributed by atoms with Crippen molar-refractivity contribution in [2.75, 3.05) is 13.1 Å². The minimum absolute atomic E-state index is 0.109. The van der Waals surface area contributed by atoms with E-state index in [0.29, 0.717) is 31.5 Å². The fourth-order valence-electron chi connectivity index (χ4n) is 2.17. The van der Waals surface area contributed by atoms with Gasteiger partial charge >= 0.3 is 6.09 Å². The minimum atomic E-state index is -0.931. The number of fused-ring (bicyclic) bond motifs is 1. The third-order valence-electron chi connectivity index (χ3n) is 3.19. The van der Waals surface area contributed by atoms with Crippen molar-refractivity contribution in [2.24, 2.45) is 0 Å². The predicted molar refractivity (Wildman–Crippen MR) is 61.0 cm³/mol. The van der Waals surface area contributed by atoms with E-state index in [1.165, 1.54) is 4.90 Å². The molecule has 2 rings (SSSR count). The highest BCUT2D eigenvalue weighted by Crippen LogP contribution is 2.29. The highest BCUT2D eigenvalue weighted by Gasteiger charge is 2.20. The highest BCUT2D eigenvalue weighted by molar-refractivity contribution is 5.65. The van der Waals surface area contributed by atoms with Crippen molar-refractivity contribution >= 4 is 6.09 Å². The van der Waals surface area contributed by atoms with Gasteiger partial charge in [0, 0.05) is 18.7 Å². The van der Waals surface area contributed by atoms with E-state index in [1.807, 2.05) is 6.07 Å². The van der Waals surface area contributed by atoms with Gasteiger partial charge in [-0.3, -0.25) is 0 Å². The van der Waals surface area contributed by atoms with E-state index < -0.39 is 6.09 Å². The van der Waals surface area contributed by atoms with Crippen LogP contribution >= 0.6 is 0 Å². The van der Waals surface area contributed by atoms with E-state index in [1.54, 1.807) is 6.07 Å². The summed E-state index contributed by atoms with van der Waals surface area (Å²) in [5, 5.41) is 28.0. The molecule has 1 aromatic carbocycles. The zero-order valence-corrected chi connectivity index (χ0v) is 9.39. The number of aliphatic hydroxyl groups is 1. The molecule has 5 heteroatoms. The van der Waals surface area contributed by atoms with Crippen molar-refractivity contribution < 1.29 is 20.1 Å². The van der Waals surface area contributed by atoms with Crippen molar-refractivity contribution in [3.8, 4) is 5.75 Å². The second-order valence-electron chi connectivity index (χ2n) is 4.14. The number of carbonyl (C=O) groups is 1. The Morgan fingerprint density at radius 1 is 1.29 bits per heavy atom. The molecule has 0 atom stereocenters. The van der Waals surface area contributed by atoms with Gasteiger partial charge in [-0.05, 0) is 24.0 Å². The van der Waals surface area contributed by atoms with Gasteiger partial charge in [-0.2, -0.15) is 0 Å². The van der Waals surface area contributed by atoms with Crippen LogP contribution in [0.25, 0.3) is 0 Å². The Bertz CT molecular complexity index is 444. The van der Waals surface area contributed by atoms with Crippen molar-refractivity contribution in [3.63, 3.8) is 0 Å². The number of carboxylic acid groups (broad SMARTS) is 1. The molecule has 0 saturated heterocycles. The fourth-order valence-corrected chi connectivity index (χ4v) is 2.17. The van der Waals surface area contributed by atoms with Crippen molar-refractivity contribution in [3.05, 3.63) is 28.8 Å². The Morgan fingerprint density at radius 3 is 2.65 bits per heavy atom. The molecule has 5 nitrogen and oxygen atoms in total. The lowest BCUT2D eigenvalue weighted by Gasteiger charge is -2.15. The molecule has 1 amide bonds. The van der Waals surface area contributed by atoms with Crippen LogP contribution in [0, 0.1) is 0 Å². The van der Waals surface area contributed by atoms with E-state index >= 15 is 0 Å². The Hall–Kier alpha value is -1.75. The quantitative estimate of drug-likeness (QED) is 0.679. The lowest BCUT2D eigenvalue weighted by molar-refractivity contribution is 0.147. The Labute approximate surface area is 98.9 Å². The molecule has 0 aliphatic carbocycles. The van der Waals surface area contributed by atoms with Crippen molar-refractivity contribution in [1.82, 2.24) is 4.90 Å². The van der Waals surface area contributed by atoms with Gasteiger partial charge in [0.15, 0.2) is 0 Å². The van der Waals surface area contributed by atoms with Gasteiger partial charge in [0.2, 0.25) is 0 Å². The van der Waals surface area contributed by atoms with Gasteiger partial charge in [0.05, 0.1) is 6.61 Å². The third kappa shape index (κ3) is 2.19. The molecule has 1 aromatic rings. The molecule has 0 fully saturated rings. The molecule has 0 aromatic heterocycles. The van der Waals surface area contributed by atoms with Gasteiger partial charge in [0.1, 0.15) is 5.75 Å². The molecule has 3 N–H and O–H groups in total. The van der Waals surface area contributed by atoms with Crippen LogP contribution in [0.4, 0.5) is 4.79 Å². The topological polar surface area (TPSA) is 81.0 Å². The number of aromatic hydroxyl groups is 1. The number of phenols is 1. The summed E-state index contributed by atoms with van der Waals surface area (Å²) in [7, 11) is 0. The molecule has 1 aliphatic rings. The van der Waals surface area contributed by atoms with Crippen LogP contribution in [0.2, 0.25) is 0 Å². The monoisotopic (exact) mass is 237 g/mol. The minimum Gasteiger partial charge on any atom is -0.507 e. The largest absolute Gasteiger partial charge is 0.507 e. The van der Waals surface area contributed by atoms with E-state index in [9.17, 15) is 9.90 Å². The maximum atomic E-state index is 10.9. The molecule has 0 bridgehead atoms. The van der Waals surface area contributed by atoms with Crippen LogP contribution in [-0.2, 0) is 19.4 Å². The van der Waals surface area contributed by atoms with Gasteiger partial charge in [-0.25, -0.2) is 4.79 Å². The van der Waals surface area contributed by atoms with Crippen molar-refractivity contribution in [1.29, 1.82) is 0 Å². The molecule has 17 heavy (non-hydrogen) atoms. The first-order chi connectivity index (χ1) is 8.13. The normalized spacial score (nSPS) is 15.2. The number of amides is 1. The highest BCUT2D eigenvalue weighted by atomic mass is 16.4. The first-order valence-corrected chi connectivity index (χ1v) is 5.54. The molecule has 1 heterocycles. The summed E-state index contributed by atoms with van der Waals surface area (Å²) in [4.78, 5) is 12.2. The van der Waals surface area contributed by atoms with E-state index in [4.69, 9.17) is 10.2 Å². The predicted octanol–water partition coefficient (Wildman–Crippen LogP) is 0.963. The summed E-state index contributed by atoms with van der Waals surface area (Å²) in [6, 6.07) is 3.54. The average molecular weight is 237 g/mol. The van der Waals surface area contributed by atoms with E-state index in [0.717, 1.165) is 11.1 Å². The summed E-state index contributed by atoms with van der Waals surface area (Å²) in [5.41, 5.74) is 2.22. The molecular formula is C12H15NO4. The number of nitrogens with zero attached hydrogens (tertiary/aromatic N) is 1. The first-order valence-electron chi connectivity index (χ1n) is 5.54. The Kier molecular flexibility index (Phi) is 3.19. The molecule has 1 aliphatic heterocycles. The second kappa shape index (κ2) is 4.63. The molecular weight excluding hydrogens is 222 g/mol. The summed E-state index contributed by atoms with van der Waals surface area (Å²) < 4.78 is 0. The number of hydrogen-bond donors (Lipinski definition) is 3. The maximum Gasteiger partial charge on any atom is 0.407 e. The zero-order chi connectivity index (χ0) is 12.4. The van der Waals surface area contributed by atoms with Crippen molar-refractivity contribution in [2.45, 2.75) is 19.4 Å². The smallest absolute Gasteiger partial charge is 0.407 e.